The van der Waals surface area contributed by atoms with Crippen molar-refractivity contribution in [2.75, 3.05) is 51.3 Å². The first-order valence-corrected chi connectivity index (χ1v) is 11.2. The van der Waals surface area contributed by atoms with Crippen LogP contribution < -0.4 is 20.3 Å². The molecule has 1 aromatic carbocycles. The van der Waals surface area contributed by atoms with Crippen molar-refractivity contribution in [2.24, 2.45) is 4.99 Å². The first-order valence-electron chi connectivity index (χ1n) is 11.2. The second-order valence-electron chi connectivity index (χ2n) is 7.87. The van der Waals surface area contributed by atoms with Crippen molar-refractivity contribution in [2.45, 2.75) is 33.9 Å². The number of rotatable bonds is 8. The summed E-state index contributed by atoms with van der Waals surface area (Å²) in [6, 6.07) is 10.4. The Morgan fingerprint density at radius 2 is 1.88 bits per heavy atom. The Hall–Kier alpha value is -2.07. The number of anilines is 1. The predicted octanol–water partition coefficient (Wildman–Crippen LogP) is 3.41. The van der Waals surface area contributed by atoms with Crippen LogP contribution in [0.5, 0.6) is 5.75 Å². The smallest absolute Gasteiger partial charge is 0.191 e. The first kappa shape index (κ1) is 26.2. The van der Waals surface area contributed by atoms with E-state index in [0.29, 0.717) is 19.7 Å². The van der Waals surface area contributed by atoms with Crippen molar-refractivity contribution < 1.29 is 4.74 Å². The Labute approximate surface area is 209 Å². The van der Waals surface area contributed by atoms with E-state index in [1.165, 1.54) is 11.1 Å². The lowest BCUT2D eigenvalue weighted by atomic mass is 10.1. The van der Waals surface area contributed by atoms with Crippen molar-refractivity contribution >= 4 is 35.8 Å². The molecule has 1 aliphatic rings. The van der Waals surface area contributed by atoms with Crippen LogP contribution in [0.3, 0.4) is 0 Å². The van der Waals surface area contributed by atoms with Gasteiger partial charge in [0.2, 0.25) is 0 Å². The fourth-order valence-corrected chi connectivity index (χ4v) is 3.64. The molecule has 0 spiro atoms. The molecule has 0 bridgehead atoms. The molecular weight excluding hydrogens is 515 g/mol. The summed E-state index contributed by atoms with van der Waals surface area (Å²) in [6.45, 7) is 13.0. The van der Waals surface area contributed by atoms with Gasteiger partial charge in [-0.2, -0.15) is 0 Å². The minimum Gasteiger partial charge on any atom is -0.494 e. The van der Waals surface area contributed by atoms with E-state index in [4.69, 9.17) is 9.73 Å². The van der Waals surface area contributed by atoms with E-state index in [1.807, 2.05) is 19.2 Å². The number of aliphatic imine (C=N–C) groups is 1. The average molecular weight is 553 g/mol. The van der Waals surface area contributed by atoms with Crippen LogP contribution >= 0.6 is 24.0 Å². The van der Waals surface area contributed by atoms with Crippen molar-refractivity contribution in [3.05, 3.63) is 53.2 Å². The van der Waals surface area contributed by atoms with Gasteiger partial charge in [0.15, 0.2) is 5.96 Å². The summed E-state index contributed by atoms with van der Waals surface area (Å²) in [6.07, 6.45) is 1.88. The fourth-order valence-electron chi connectivity index (χ4n) is 3.64. The summed E-state index contributed by atoms with van der Waals surface area (Å²) in [7, 11) is 2.17. The van der Waals surface area contributed by atoms with E-state index >= 15 is 0 Å². The molecule has 7 nitrogen and oxygen atoms in total. The lowest BCUT2D eigenvalue weighted by Crippen LogP contribution is -2.45. The van der Waals surface area contributed by atoms with E-state index in [0.717, 1.165) is 55.8 Å². The number of hydrogen-bond donors (Lipinski definition) is 2. The van der Waals surface area contributed by atoms with E-state index < -0.39 is 0 Å². The molecule has 176 valence electrons. The van der Waals surface area contributed by atoms with Crippen LogP contribution in [-0.4, -0.2) is 62.2 Å². The van der Waals surface area contributed by atoms with Crippen molar-refractivity contribution in [3.8, 4) is 5.75 Å². The zero-order chi connectivity index (χ0) is 22.1. The molecule has 0 amide bonds. The second kappa shape index (κ2) is 13.5. The largest absolute Gasteiger partial charge is 0.494 e. The zero-order valence-corrected chi connectivity index (χ0v) is 22.1. The van der Waals surface area contributed by atoms with Crippen LogP contribution in [0.25, 0.3) is 0 Å². The Bertz CT molecular complexity index is 867. The van der Waals surface area contributed by atoms with Gasteiger partial charge in [-0.1, -0.05) is 18.2 Å². The molecule has 1 aliphatic heterocycles. The molecule has 2 aromatic rings. The Kier molecular flexibility index (Phi) is 11.0. The van der Waals surface area contributed by atoms with Crippen LogP contribution in [-0.2, 0) is 13.1 Å². The molecule has 0 unspecified atom stereocenters. The van der Waals surface area contributed by atoms with Gasteiger partial charge in [0, 0.05) is 56.6 Å². The third-order valence-corrected chi connectivity index (χ3v) is 5.39. The van der Waals surface area contributed by atoms with Crippen molar-refractivity contribution in [1.29, 1.82) is 0 Å². The summed E-state index contributed by atoms with van der Waals surface area (Å²) < 4.78 is 5.80. The molecular formula is C24H37IN6O. The fraction of sp³-hybridized carbons (Fsp3) is 0.500. The Balaban J connectivity index is 0.00000363. The number of halogens is 1. The summed E-state index contributed by atoms with van der Waals surface area (Å²) in [4.78, 5) is 14.2. The number of piperazine rings is 1. The summed E-state index contributed by atoms with van der Waals surface area (Å²) in [5, 5.41) is 6.83. The van der Waals surface area contributed by atoms with Gasteiger partial charge in [0.25, 0.3) is 0 Å². The summed E-state index contributed by atoms with van der Waals surface area (Å²) >= 11 is 0. The highest BCUT2D eigenvalue weighted by Crippen LogP contribution is 2.21. The molecule has 8 heteroatoms. The first-order chi connectivity index (χ1) is 15.1. The van der Waals surface area contributed by atoms with Gasteiger partial charge in [0.1, 0.15) is 11.6 Å². The van der Waals surface area contributed by atoms with Gasteiger partial charge in [-0.3, -0.25) is 0 Å². The number of aryl methyl sites for hydroxylation is 1. The number of hydrogen-bond acceptors (Lipinski definition) is 5. The highest BCUT2D eigenvalue weighted by atomic mass is 127. The lowest BCUT2D eigenvalue weighted by molar-refractivity contribution is 0.312. The number of aromatic nitrogens is 1. The van der Waals surface area contributed by atoms with Crippen molar-refractivity contribution in [1.82, 2.24) is 20.5 Å². The molecule has 32 heavy (non-hydrogen) atoms. The molecule has 0 radical (unpaired) electrons. The maximum Gasteiger partial charge on any atom is 0.191 e. The van der Waals surface area contributed by atoms with Crippen LogP contribution in [0.15, 0.2) is 41.5 Å². The number of nitrogens with one attached hydrogen (secondary N) is 2. The van der Waals surface area contributed by atoms with Gasteiger partial charge >= 0.3 is 0 Å². The Morgan fingerprint density at radius 1 is 1.09 bits per heavy atom. The second-order valence-corrected chi connectivity index (χ2v) is 7.87. The highest BCUT2D eigenvalue weighted by Gasteiger charge is 2.18. The summed E-state index contributed by atoms with van der Waals surface area (Å²) in [5.74, 6) is 2.77. The van der Waals surface area contributed by atoms with E-state index in [-0.39, 0.29) is 24.0 Å². The number of pyridine rings is 1. The van der Waals surface area contributed by atoms with Gasteiger partial charge in [-0.05, 0) is 45.5 Å². The normalized spacial score (nSPS) is 14.6. The van der Waals surface area contributed by atoms with Crippen molar-refractivity contribution in [3.63, 3.8) is 0 Å². The maximum absolute atomic E-state index is 5.80. The van der Waals surface area contributed by atoms with Gasteiger partial charge in [-0.15, -0.1) is 24.0 Å². The monoisotopic (exact) mass is 552 g/mol. The van der Waals surface area contributed by atoms with Crippen LogP contribution in [0.1, 0.15) is 30.5 Å². The van der Waals surface area contributed by atoms with E-state index in [1.54, 1.807) is 0 Å². The topological polar surface area (TPSA) is 65.0 Å². The van der Waals surface area contributed by atoms with E-state index in [2.05, 4.69) is 70.6 Å². The van der Waals surface area contributed by atoms with Crippen LogP contribution in [0, 0.1) is 6.92 Å². The Morgan fingerprint density at radius 3 is 2.59 bits per heavy atom. The number of benzene rings is 1. The van der Waals surface area contributed by atoms with Crippen LogP contribution in [0.2, 0.25) is 0 Å². The quantitative estimate of drug-likeness (QED) is 0.298. The molecule has 0 atom stereocenters. The number of likely N-dealkylation sites (N-methyl/N-ethyl adjacent to an activating group) is 1. The third-order valence-electron chi connectivity index (χ3n) is 5.39. The average Bonchev–Trinajstić information content (AvgIpc) is 2.78. The zero-order valence-electron chi connectivity index (χ0n) is 19.7. The molecule has 1 saturated heterocycles. The molecule has 2 N–H and O–H groups in total. The van der Waals surface area contributed by atoms with Gasteiger partial charge < -0.3 is 25.2 Å². The third kappa shape index (κ3) is 7.51. The maximum atomic E-state index is 5.80. The molecule has 0 aliphatic carbocycles. The highest BCUT2D eigenvalue weighted by molar-refractivity contribution is 14.0. The molecule has 0 saturated carbocycles. The SMILES string of the molecule is CCNC(=NCc1ccc(C)cc1OCC)NCc1cccnc1N1CCN(C)CC1.I. The standard InChI is InChI=1S/C24H36N6O.HI/c1-5-25-24(27-17-20-10-9-19(3)16-22(20)31-6-2)28-18-21-8-7-11-26-23(21)30-14-12-29(4)13-15-30;/h7-11,16H,5-6,12-15,17-18H2,1-4H3,(H2,25,27,28);1H. The van der Waals surface area contributed by atoms with Gasteiger partial charge in [-0.25, -0.2) is 9.98 Å². The molecule has 1 fully saturated rings. The minimum absolute atomic E-state index is 0. The number of nitrogens with zero attached hydrogens (tertiary/aromatic N) is 4. The predicted molar refractivity (Wildman–Crippen MR) is 143 cm³/mol. The molecule has 3 rings (SSSR count). The van der Waals surface area contributed by atoms with Crippen LogP contribution in [0.4, 0.5) is 5.82 Å². The minimum atomic E-state index is 0. The van der Waals surface area contributed by atoms with Gasteiger partial charge in [0.05, 0.1) is 13.2 Å². The van der Waals surface area contributed by atoms with E-state index in [9.17, 15) is 0 Å². The number of ether oxygens (including phenoxy) is 1. The molecule has 1 aromatic heterocycles. The molecule has 2 heterocycles. The lowest BCUT2D eigenvalue weighted by Gasteiger charge is -2.34. The number of guanidine groups is 1. The summed E-state index contributed by atoms with van der Waals surface area (Å²) in [5.41, 5.74) is 3.46.